The Balaban J connectivity index is 1.35. The number of rotatable bonds is 10. The average Bonchev–Trinajstić information content (AvgIpc) is 3.46. The molecule has 3 aromatic carbocycles. The summed E-state index contributed by atoms with van der Waals surface area (Å²) in [4.78, 5) is 17.8. The predicted molar refractivity (Wildman–Crippen MR) is 150 cm³/mol. The maximum atomic E-state index is 11.7. The highest BCUT2D eigenvalue weighted by atomic mass is 32.1. The molecular formula is C31H29N3O2S. The first-order valence-electron chi connectivity index (χ1n) is 12.5. The number of hydrogen-bond acceptors (Lipinski definition) is 5. The minimum atomic E-state index is -0.489. The van der Waals surface area contributed by atoms with E-state index in [1.54, 1.807) is 11.5 Å². The molecule has 6 heteroatoms. The molecule has 5 nitrogen and oxygen atoms in total. The van der Waals surface area contributed by atoms with Crippen molar-refractivity contribution < 1.29 is 10.0 Å². The maximum absolute atomic E-state index is 11.7. The quantitative estimate of drug-likeness (QED) is 0.141. The van der Waals surface area contributed by atoms with Crippen molar-refractivity contribution in [2.75, 3.05) is 0 Å². The summed E-state index contributed by atoms with van der Waals surface area (Å²) in [7, 11) is 0. The van der Waals surface area contributed by atoms with Crippen LogP contribution in [0.2, 0.25) is 0 Å². The molecule has 0 radical (unpaired) electrons. The van der Waals surface area contributed by atoms with Crippen LogP contribution in [0, 0.1) is 0 Å². The van der Waals surface area contributed by atoms with Crippen LogP contribution in [-0.2, 0) is 13.0 Å². The molecule has 1 amide bonds. The number of hydroxylamine groups is 1. The molecule has 186 valence electrons. The van der Waals surface area contributed by atoms with E-state index in [0.717, 1.165) is 41.8 Å². The number of aryl methyl sites for hydroxylation is 1. The lowest BCUT2D eigenvalue weighted by Crippen LogP contribution is -2.21. The summed E-state index contributed by atoms with van der Waals surface area (Å²) in [6.07, 6.45) is 5.02. The van der Waals surface area contributed by atoms with Crippen LogP contribution in [0.1, 0.15) is 45.2 Å². The Hall–Kier alpha value is -3.84. The second-order valence-corrected chi connectivity index (χ2v) is 10.1. The van der Waals surface area contributed by atoms with E-state index in [9.17, 15) is 4.79 Å². The number of pyridine rings is 1. The summed E-state index contributed by atoms with van der Waals surface area (Å²) in [5.41, 5.74) is 7.57. The third kappa shape index (κ3) is 6.12. The maximum Gasteiger partial charge on any atom is 0.284 e. The van der Waals surface area contributed by atoms with Gasteiger partial charge in [0.25, 0.3) is 5.91 Å². The molecule has 0 saturated heterocycles. The molecule has 0 fully saturated rings. The van der Waals surface area contributed by atoms with Crippen molar-refractivity contribution in [2.24, 2.45) is 0 Å². The molecule has 5 rings (SSSR count). The minimum absolute atomic E-state index is 0.182. The van der Waals surface area contributed by atoms with E-state index in [0.29, 0.717) is 4.88 Å². The largest absolute Gasteiger partial charge is 0.306 e. The van der Waals surface area contributed by atoms with E-state index in [2.05, 4.69) is 77.0 Å². The van der Waals surface area contributed by atoms with Crippen molar-refractivity contribution in [2.45, 2.75) is 31.8 Å². The molecule has 3 N–H and O–H groups in total. The molecule has 0 spiro atoms. The Bertz CT molecular complexity index is 1480. The van der Waals surface area contributed by atoms with Crippen LogP contribution in [0.3, 0.4) is 0 Å². The Labute approximate surface area is 220 Å². The molecule has 5 aromatic rings. The molecule has 0 bridgehead atoms. The number of benzene rings is 3. The van der Waals surface area contributed by atoms with Crippen LogP contribution in [-0.4, -0.2) is 16.1 Å². The third-order valence-electron chi connectivity index (χ3n) is 6.55. The van der Waals surface area contributed by atoms with Gasteiger partial charge in [-0.05, 0) is 71.8 Å². The van der Waals surface area contributed by atoms with Crippen LogP contribution >= 0.6 is 11.3 Å². The van der Waals surface area contributed by atoms with Gasteiger partial charge in [-0.3, -0.25) is 15.0 Å². The van der Waals surface area contributed by atoms with Crippen molar-refractivity contribution in [1.82, 2.24) is 15.8 Å². The zero-order valence-electron chi connectivity index (χ0n) is 20.4. The highest BCUT2D eigenvalue weighted by Crippen LogP contribution is 2.30. The molecular weight excluding hydrogens is 478 g/mol. The van der Waals surface area contributed by atoms with Gasteiger partial charge in [0.05, 0.1) is 10.4 Å². The van der Waals surface area contributed by atoms with Gasteiger partial charge < -0.3 is 5.32 Å². The molecule has 37 heavy (non-hydrogen) atoms. The van der Waals surface area contributed by atoms with Crippen molar-refractivity contribution in [3.8, 4) is 10.4 Å². The predicted octanol–water partition coefficient (Wildman–Crippen LogP) is 6.94. The number of hydrogen-bond donors (Lipinski definition) is 3. The number of thiophene rings is 1. The third-order valence-corrected chi connectivity index (χ3v) is 7.69. The normalized spacial score (nSPS) is 11.9. The molecule has 2 heterocycles. The van der Waals surface area contributed by atoms with Gasteiger partial charge in [-0.1, -0.05) is 66.7 Å². The van der Waals surface area contributed by atoms with Crippen LogP contribution in [0.5, 0.6) is 0 Å². The zero-order chi connectivity index (χ0) is 25.5. The first kappa shape index (κ1) is 24.8. The van der Waals surface area contributed by atoms with Crippen LogP contribution in [0.4, 0.5) is 0 Å². The van der Waals surface area contributed by atoms with E-state index in [-0.39, 0.29) is 6.04 Å². The number of nitrogens with one attached hydrogen (secondary N) is 2. The van der Waals surface area contributed by atoms with Gasteiger partial charge in [-0.2, -0.15) is 0 Å². The highest BCUT2D eigenvalue weighted by Gasteiger charge is 2.15. The average molecular weight is 508 g/mol. The van der Waals surface area contributed by atoms with E-state index < -0.39 is 5.91 Å². The van der Waals surface area contributed by atoms with Gasteiger partial charge in [0, 0.05) is 29.0 Å². The molecule has 2 aromatic heterocycles. The second kappa shape index (κ2) is 11.9. The highest BCUT2D eigenvalue weighted by molar-refractivity contribution is 7.17. The number of nitrogens with zero attached hydrogens (tertiary/aromatic N) is 1. The van der Waals surface area contributed by atoms with Gasteiger partial charge in [0.15, 0.2) is 0 Å². The summed E-state index contributed by atoms with van der Waals surface area (Å²) in [6.45, 7) is 0.718. The number of carbonyl (C=O) groups is 1. The topological polar surface area (TPSA) is 74.2 Å². The smallest absolute Gasteiger partial charge is 0.284 e. The van der Waals surface area contributed by atoms with Crippen molar-refractivity contribution in [1.29, 1.82) is 0 Å². The number of aromatic nitrogens is 1. The zero-order valence-corrected chi connectivity index (χ0v) is 21.2. The van der Waals surface area contributed by atoms with E-state index in [1.807, 2.05) is 30.5 Å². The molecule has 0 aliphatic heterocycles. The van der Waals surface area contributed by atoms with Crippen LogP contribution in [0.15, 0.2) is 103 Å². The van der Waals surface area contributed by atoms with Crippen LogP contribution in [0.25, 0.3) is 21.3 Å². The van der Waals surface area contributed by atoms with E-state index >= 15 is 0 Å². The fraction of sp³-hybridized carbons (Fsp3) is 0.161. The second-order valence-electron chi connectivity index (χ2n) is 9.03. The SMILES string of the molecule is O=C(NO)c1ccc(-c2cccc(CNC(CCCc3ccccc3)c3ccnc4ccccc34)c2)s1. The number of para-hydroxylation sites is 1. The van der Waals surface area contributed by atoms with E-state index in [4.69, 9.17) is 5.21 Å². The lowest BCUT2D eigenvalue weighted by molar-refractivity contribution is 0.0711. The van der Waals surface area contributed by atoms with Crippen molar-refractivity contribution >= 4 is 28.1 Å². The molecule has 0 saturated carbocycles. The minimum Gasteiger partial charge on any atom is -0.306 e. The van der Waals surface area contributed by atoms with Gasteiger partial charge in [-0.25, -0.2) is 5.48 Å². The lowest BCUT2D eigenvalue weighted by Gasteiger charge is -2.21. The molecule has 0 aliphatic carbocycles. The van der Waals surface area contributed by atoms with Gasteiger partial charge in [-0.15, -0.1) is 11.3 Å². The first-order valence-corrected chi connectivity index (χ1v) is 13.3. The van der Waals surface area contributed by atoms with Gasteiger partial charge >= 0.3 is 0 Å². The fourth-order valence-electron chi connectivity index (χ4n) is 4.69. The summed E-state index contributed by atoms with van der Waals surface area (Å²) in [5.74, 6) is -0.489. The summed E-state index contributed by atoms with van der Waals surface area (Å²) < 4.78 is 0. The monoisotopic (exact) mass is 507 g/mol. The summed E-state index contributed by atoms with van der Waals surface area (Å²) in [6, 6.07) is 33.3. The van der Waals surface area contributed by atoms with Crippen molar-refractivity contribution in [3.05, 3.63) is 125 Å². The molecule has 1 atom stereocenters. The van der Waals surface area contributed by atoms with Crippen LogP contribution < -0.4 is 10.8 Å². The number of fused-ring (bicyclic) bond motifs is 1. The molecule has 0 aliphatic rings. The Kier molecular flexibility index (Phi) is 8.01. The fourth-order valence-corrected chi connectivity index (χ4v) is 5.58. The Morgan fingerprint density at radius 1 is 0.892 bits per heavy atom. The number of amides is 1. The standard InChI is InChI=1S/C31H29N3O2S/c35-31(34-36)30-17-16-29(37-30)24-12-6-11-23(20-24)21-33-28(15-7-10-22-8-2-1-3-9-22)26-18-19-32-27-14-5-4-13-25(26)27/h1-6,8-9,11-14,16-20,28,33,36H,7,10,15,21H2,(H,34,35). The van der Waals surface area contributed by atoms with E-state index in [1.165, 1.54) is 33.4 Å². The molecule has 1 unspecified atom stereocenters. The Morgan fingerprint density at radius 3 is 2.57 bits per heavy atom. The van der Waals surface area contributed by atoms with Gasteiger partial charge in [0.1, 0.15) is 0 Å². The summed E-state index contributed by atoms with van der Waals surface area (Å²) >= 11 is 1.36. The Morgan fingerprint density at radius 2 is 1.70 bits per heavy atom. The lowest BCUT2D eigenvalue weighted by atomic mass is 9.96. The first-order chi connectivity index (χ1) is 18.2. The van der Waals surface area contributed by atoms with Gasteiger partial charge in [0.2, 0.25) is 0 Å². The summed E-state index contributed by atoms with van der Waals surface area (Å²) in [5, 5.41) is 13.9. The van der Waals surface area contributed by atoms with Crippen molar-refractivity contribution in [3.63, 3.8) is 0 Å². The number of carbonyl (C=O) groups excluding carboxylic acids is 1.